The van der Waals surface area contributed by atoms with E-state index >= 15 is 0 Å². The molecule has 0 aliphatic heterocycles. The molecule has 3 atom stereocenters. The van der Waals surface area contributed by atoms with Crippen molar-refractivity contribution >= 4 is 35.3 Å². The van der Waals surface area contributed by atoms with E-state index in [1.165, 1.54) is 7.11 Å². The number of carboxylic acids is 2. The summed E-state index contributed by atoms with van der Waals surface area (Å²) in [6, 6.07) is -2.59. The van der Waals surface area contributed by atoms with Gasteiger partial charge in [0.15, 0.2) is 11.6 Å². The molecule has 0 spiro atoms. The van der Waals surface area contributed by atoms with Crippen LogP contribution in [0.2, 0.25) is 0 Å². The molecule has 0 saturated heterocycles. The van der Waals surface area contributed by atoms with E-state index in [9.17, 15) is 33.9 Å². The molecule has 0 bridgehead atoms. The fourth-order valence-electron chi connectivity index (χ4n) is 3.38. The number of carbonyl (C=O) groups excluding carboxylic acids is 4. The quantitative estimate of drug-likeness (QED) is 0.171. The van der Waals surface area contributed by atoms with Crippen LogP contribution in [0.3, 0.4) is 0 Å². The van der Waals surface area contributed by atoms with Crippen LogP contribution >= 0.6 is 0 Å². The van der Waals surface area contributed by atoms with Crippen molar-refractivity contribution in [2.75, 3.05) is 26.9 Å². The summed E-state index contributed by atoms with van der Waals surface area (Å²) in [6.07, 6.45) is -1.08. The van der Waals surface area contributed by atoms with Gasteiger partial charge < -0.3 is 30.3 Å². The van der Waals surface area contributed by atoms with Crippen LogP contribution in [0.5, 0.6) is 0 Å². The van der Waals surface area contributed by atoms with E-state index in [-0.39, 0.29) is 31.8 Å². The maximum absolute atomic E-state index is 13.0. The van der Waals surface area contributed by atoms with E-state index in [1.54, 1.807) is 0 Å². The van der Waals surface area contributed by atoms with Gasteiger partial charge >= 0.3 is 11.9 Å². The molecular weight excluding hydrogens is 464 g/mol. The van der Waals surface area contributed by atoms with E-state index in [1.807, 2.05) is 13.8 Å². The molecule has 0 aromatic carbocycles. The highest BCUT2D eigenvalue weighted by molar-refractivity contribution is 5.96. The summed E-state index contributed by atoms with van der Waals surface area (Å²) in [5.41, 5.74) is 0. The molecule has 0 aliphatic rings. The molecule has 0 heterocycles. The number of hydrogen-bond donors (Lipinski definition) is 4. The van der Waals surface area contributed by atoms with Crippen LogP contribution in [0.4, 0.5) is 0 Å². The predicted molar refractivity (Wildman–Crippen MR) is 124 cm³/mol. The van der Waals surface area contributed by atoms with Gasteiger partial charge in [-0.05, 0) is 18.8 Å². The number of methoxy groups -OCH3 is 1. The van der Waals surface area contributed by atoms with Crippen molar-refractivity contribution < 1.29 is 48.5 Å². The van der Waals surface area contributed by atoms with Crippen LogP contribution in [0.25, 0.3) is 0 Å². The van der Waals surface area contributed by atoms with Crippen molar-refractivity contribution in [2.24, 2.45) is 11.8 Å². The van der Waals surface area contributed by atoms with E-state index in [2.05, 4.69) is 10.6 Å². The number of Topliss-reactive ketones (excluding diaryl/α,β-unsaturated/α-hetero) is 2. The van der Waals surface area contributed by atoms with E-state index in [0.717, 1.165) is 6.92 Å². The number of carbonyl (C=O) groups is 6. The molecule has 0 aromatic rings. The average molecular weight is 503 g/mol. The van der Waals surface area contributed by atoms with Crippen molar-refractivity contribution in [2.45, 2.75) is 71.4 Å². The van der Waals surface area contributed by atoms with Crippen molar-refractivity contribution in [1.29, 1.82) is 0 Å². The second-order valence-corrected chi connectivity index (χ2v) is 8.68. The monoisotopic (exact) mass is 502 g/mol. The highest BCUT2D eigenvalue weighted by atomic mass is 16.5. The summed E-state index contributed by atoms with van der Waals surface area (Å²) in [7, 11) is 1.53. The second-order valence-electron chi connectivity index (χ2n) is 8.68. The molecule has 0 unspecified atom stereocenters. The fraction of sp³-hybridized carbons (Fsp3) is 0.739. The van der Waals surface area contributed by atoms with Crippen molar-refractivity contribution in [3.8, 4) is 0 Å². The lowest BCUT2D eigenvalue weighted by atomic mass is 9.88. The lowest BCUT2D eigenvalue weighted by Gasteiger charge is -2.24. The molecule has 12 nitrogen and oxygen atoms in total. The molecule has 0 aromatic heterocycles. The molecule has 12 heteroatoms. The molecule has 0 rings (SSSR count). The van der Waals surface area contributed by atoms with E-state index < -0.39 is 66.2 Å². The van der Waals surface area contributed by atoms with Gasteiger partial charge in [-0.2, -0.15) is 0 Å². The first-order valence-electron chi connectivity index (χ1n) is 11.5. The molecule has 35 heavy (non-hydrogen) atoms. The lowest BCUT2D eigenvalue weighted by Crippen LogP contribution is -2.47. The Hall–Kier alpha value is -2.86. The summed E-state index contributed by atoms with van der Waals surface area (Å²) in [6.45, 7) is 5.79. The number of carboxylic acid groups (broad SMARTS) is 2. The van der Waals surface area contributed by atoms with Crippen LogP contribution < -0.4 is 10.6 Å². The van der Waals surface area contributed by atoms with Gasteiger partial charge in [0, 0.05) is 39.4 Å². The number of hydrogen-bond acceptors (Lipinski definition) is 8. The van der Waals surface area contributed by atoms with Gasteiger partial charge in [0.1, 0.15) is 0 Å². The first-order chi connectivity index (χ1) is 16.4. The first-order valence-corrected chi connectivity index (χ1v) is 11.5. The van der Waals surface area contributed by atoms with Crippen LogP contribution in [0, 0.1) is 11.8 Å². The Bertz CT molecular complexity index is 722. The standard InChI is InChI=1S/C23H38N2O10/c1-14(2)10-16(11-20(28)18(13-22(31)32)24-15(3)26)23(33)25-17(12-21(29)30)19(27)6-5-7-35-9-8-34-4/h14,16-18H,5-13H2,1-4H3,(H,24,26)(H,25,33)(H,29,30)(H,31,32)/t16-,17-,18-/m0/s1. The van der Waals surface area contributed by atoms with Gasteiger partial charge in [0.05, 0.1) is 38.1 Å². The summed E-state index contributed by atoms with van der Waals surface area (Å²) in [5.74, 6) is -5.92. The number of amides is 2. The Balaban J connectivity index is 5.32. The molecule has 4 N–H and O–H groups in total. The largest absolute Gasteiger partial charge is 0.481 e. The zero-order valence-corrected chi connectivity index (χ0v) is 20.8. The Kier molecular flexibility index (Phi) is 16.1. The molecule has 0 radical (unpaired) electrons. The zero-order chi connectivity index (χ0) is 27.0. The third-order valence-corrected chi connectivity index (χ3v) is 4.95. The van der Waals surface area contributed by atoms with Gasteiger partial charge in [-0.1, -0.05) is 13.8 Å². The highest BCUT2D eigenvalue weighted by Crippen LogP contribution is 2.19. The number of aliphatic carboxylic acids is 2. The average Bonchev–Trinajstić information content (AvgIpc) is 2.73. The summed E-state index contributed by atoms with van der Waals surface area (Å²) in [4.78, 5) is 72.0. The van der Waals surface area contributed by atoms with Gasteiger partial charge in [0.2, 0.25) is 11.8 Å². The molecular formula is C23H38N2O10. The van der Waals surface area contributed by atoms with Gasteiger partial charge in [-0.25, -0.2) is 0 Å². The SMILES string of the molecule is COCCOCCCC(=O)[C@H](CC(=O)O)NC(=O)[C@H](CC(=O)[C@H](CC(=O)O)NC(C)=O)CC(C)C. The van der Waals surface area contributed by atoms with E-state index in [4.69, 9.17) is 14.6 Å². The van der Waals surface area contributed by atoms with E-state index in [0.29, 0.717) is 19.6 Å². The number of ether oxygens (including phenoxy) is 2. The maximum Gasteiger partial charge on any atom is 0.305 e. The zero-order valence-electron chi connectivity index (χ0n) is 20.8. The molecule has 200 valence electrons. The maximum atomic E-state index is 13.0. The number of ketones is 2. The highest BCUT2D eigenvalue weighted by Gasteiger charge is 2.31. The summed E-state index contributed by atoms with van der Waals surface area (Å²) in [5, 5.41) is 23.0. The van der Waals surface area contributed by atoms with Gasteiger partial charge in [-0.3, -0.25) is 28.8 Å². The molecule has 2 amide bonds. The first kappa shape index (κ1) is 32.1. The summed E-state index contributed by atoms with van der Waals surface area (Å²) < 4.78 is 10.1. The smallest absolute Gasteiger partial charge is 0.305 e. The molecule has 0 saturated carbocycles. The molecule has 0 aliphatic carbocycles. The van der Waals surface area contributed by atoms with Crippen molar-refractivity contribution in [3.05, 3.63) is 0 Å². The van der Waals surface area contributed by atoms with Crippen LogP contribution in [-0.2, 0) is 38.2 Å². The van der Waals surface area contributed by atoms with Crippen LogP contribution in [-0.4, -0.2) is 84.5 Å². The number of nitrogens with one attached hydrogen (secondary N) is 2. The fourth-order valence-corrected chi connectivity index (χ4v) is 3.38. The van der Waals surface area contributed by atoms with Crippen LogP contribution in [0.15, 0.2) is 0 Å². The Morgan fingerprint density at radius 3 is 1.86 bits per heavy atom. The third kappa shape index (κ3) is 15.6. The minimum Gasteiger partial charge on any atom is -0.481 e. The Morgan fingerprint density at radius 1 is 0.800 bits per heavy atom. The lowest BCUT2D eigenvalue weighted by molar-refractivity contribution is -0.141. The minimum absolute atomic E-state index is 0.0117. The normalized spacial score (nSPS) is 13.5. The third-order valence-electron chi connectivity index (χ3n) is 4.95. The second kappa shape index (κ2) is 17.6. The van der Waals surface area contributed by atoms with Crippen LogP contribution in [0.1, 0.15) is 59.3 Å². The van der Waals surface area contributed by atoms with Crippen molar-refractivity contribution in [3.63, 3.8) is 0 Å². The summed E-state index contributed by atoms with van der Waals surface area (Å²) >= 11 is 0. The predicted octanol–water partition coefficient (Wildman–Crippen LogP) is 0.559. The topological polar surface area (TPSA) is 185 Å². The Labute approximate surface area is 205 Å². The van der Waals surface area contributed by atoms with Gasteiger partial charge in [-0.15, -0.1) is 0 Å². The van der Waals surface area contributed by atoms with Gasteiger partial charge in [0.25, 0.3) is 0 Å². The van der Waals surface area contributed by atoms with Crippen molar-refractivity contribution in [1.82, 2.24) is 10.6 Å². The Morgan fingerprint density at radius 2 is 1.37 bits per heavy atom. The minimum atomic E-state index is -1.30. The number of rotatable bonds is 20. The molecule has 0 fully saturated rings.